The van der Waals surface area contributed by atoms with E-state index >= 15 is 0 Å². The summed E-state index contributed by atoms with van der Waals surface area (Å²) in [6, 6.07) is 19.2. The van der Waals surface area contributed by atoms with Crippen molar-refractivity contribution in [2.24, 2.45) is 0 Å². The molecule has 0 aliphatic rings. The van der Waals surface area contributed by atoms with Crippen molar-refractivity contribution in [1.29, 1.82) is 0 Å². The third-order valence-electron chi connectivity index (χ3n) is 6.07. The molecule has 41 heavy (non-hydrogen) atoms. The number of rotatable bonds is 9. The number of hydrogen-bond acceptors (Lipinski definition) is 4. The molecule has 1 N–H and O–H groups in total. The molecule has 0 radical (unpaired) electrons. The molecular formula is C32H27F3N2O4. The van der Waals surface area contributed by atoms with E-state index in [2.05, 4.69) is 16.9 Å². The number of hydrogen-bond donors (Lipinski definition) is 1. The number of halogens is 3. The van der Waals surface area contributed by atoms with Crippen LogP contribution in [0.1, 0.15) is 34.7 Å². The van der Waals surface area contributed by atoms with Gasteiger partial charge >= 0.3 is 12.1 Å². The molecule has 6 nitrogen and oxygen atoms in total. The van der Waals surface area contributed by atoms with E-state index in [1.54, 1.807) is 48.1 Å². The molecule has 0 saturated heterocycles. The van der Waals surface area contributed by atoms with Crippen molar-refractivity contribution in [2.45, 2.75) is 32.7 Å². The van der Waals surface area contributed by atoms with Crippen LogP contribution in [-0.2, 0) is 17.5 Å². The van der Waals surface area contributed by atoms with Gasteiger partial charge in [0.25, 0.3) is 0 Å². The minimum absolute atomic E-state index is 0.0716. The summed E-state index contributed by atoms with van der Waals surface area (Å²) in [4.78, 5) is 11.1. The first-order chi connectivity index (χ1) is 19.6. The number of nitrogens with zero attached hydrogens (tertiary/aromatic N) is 2. The second-order valence-electron chi connectivity index (χ2n) is 9.12. The van der Waals surface area contributed by atoms with Gasteiger partial charge in [-0.05, 0) is 90.7 Å². The van der Waals surface area contributed by atoms with Crippen LogP contribution in [0.5, 0.6) is 11.5 Å². The highest BCUT2D eigenvalue weighted by Gasteiger charge is 2.30. The molecule has 1 aromatic heterocycles. The zero-order valence-electron chi connectivity index (χ0n) is 22.4. The lowest BCUT2D eigenvalue weighted by molar-refractivity contribution is -0.144. The zero-order valence-corrected chi connectivity index (χ0v) is 22.4. The summed E-state index contributed by atoms with van der Waals surface area (Å²) in [7, 11) is 0. The maximum absolute atomic E-state index is 13.5. The average molecular weight is 561 g/mol. The van der Waals surface area contributed by atoms with E-state index in [9.17, 15) is 18.0 Å². The van der Waals surface area contributed by atoms with Gasteiger partial charge in [-0.3, -0.25) is 4.68 Å². The Labute approximate surface area is 235 Å². The summed E-state index contributed by atoms with van der Waals surface area (Å²) in [5.74, 6) is 5.94. The molecule has 0 aliphatic heterocycles. The van der Waals surface area contributed by atoms with Crippen molar-refractivity contribution in [3.63, 3.8) is 0 Å². The molecule has 3 aromatic carbocycles. The molecular weight excluding hydrogens is 533 g/mol. The van der Waals surface area contributed by atoms with E-state index < -0.39 is 23.8 Å². The number of carbonyl (C=O) groups is 1. The van der Waals surface area contributed by atoms with E-state index in [0.717, 1.165) is 17.7 Å². The van der Waals surface area contributed by atoms with Crippen LogP contribution in [0.4, 0.5) is 13.2 Å². The first-order valence-electron chi connectivity index (χ1n) is 12.7. The number of aliphatic carboxylic acids is 1. The molecule has 4 rings (SSSR count). The topological polar surface area (TPSA) is 73.6 Å². The number of benzene rings is 3. The lowest BCUT2D eigenvalue weighted by Gasteiger charge is -2.15. The van der Waals surface area contributed by atoms with Gasteiger partial charge < -0.3 is 14.6 Å². The fourth-order valence-electron chi connectivity index (χ4n) is 3.92. The normalized spacial score (nSPS) is 12.3. The number of ether oxygens (including phenoxy) is 2. The first kappa shape index (κ1) is 29.0. The SMILES string of the molecule is Cc1cc(OC/C=C(\c2ccc(C#CCn3cccn3)cc2)c2cccc(C(F)(F)F)c2)ccc1OC(C)C(=O)O. The Balaban J connectivity index is 1.56. The highest BCUT2D eigenvalue weighted by molar-refractivity contribution is 5.80. The van der Waals surface area contributed by atoms with Gasteiger partial charge in [-0.15, -0.1) is 0 Å². The third kappa shape index (κ3) is 8.02. The summed E-state index contributed by atoms with van der Waals surface area (Å²) in [6.45, 7) is 3.71. The van der Waals surface area contributed by atoms with Gasteiger partial charge in [0.05, 0.1) is 5.56 Å². The second kappa shape index (κ2) is 12.9. The van der Waals surface area contributed by atoms with E-state index in [4.69, 9.17) is 14.6 Å². The van der Waals surface area contributed by atoms with E-state index in [1.807, 2.05) is 36.5 Å². The Morgan fingerprint density at radius 2 is 1.85 bits per heavy atom. The Morgan fingerprint density at radius 3 is 2.51 bits per heavy atom. The minimum Gasteiger partial charge on any atom is -0.489 e. The summed E-state index contributed by atoms with van der Waals surface area (Å²) in [5, 5.41) is 13.2. The minimum atomic E-state index is -4.48. The van der Waals surface area contributed by atoms with E-state index in [1.165, 1.54) is 13.0 Å². The van der Waals surface area contributed by atoms with Crippen molar-refractivity contribution in [3.8, 4) is 23.3 Å². The van der Waals surface area contributed by atoms with Crippen LogP contribution in [0.25, 0.3) is 5.57 Å². The molecule has 1 heterocycles. The van der Waals surface area contributed by atoms with Gasteiger partial charge in [0.2, 0.25) is 0 Å². The maximum Gasteiger partial charge on any atom is 0.416 e. The van der Waals surface area contributed by atoms with Crippen LogP contribution in [0, 0.1) is 18.8 Å². The zero-order chi connectivity index (χ0) is 29.4. The largest absolute Gasteiger partial charge is 0.489 e. The Bertz CT molecular complexity index is 1580. The van der Waals surface area contributed by atoms with Gasteiger partial charge in [-0.1, -0.05) is 36.1 Å². The Morgan fingerprint density at radius 1 is 1.07 bits per heavy atom. The van der Waals surface area contributed by atoms with Gasteiger partial charge in [0.15, 0.2) is 6.10 Å². The van der Waals surface area contributed by atoms with Gasteiger partial charge in [-0.25, -0.2) is 4.79 Å². The van der Waals surface area contributed by atoms with Crippen LogP contribution in [0.15, 0.2) is 91.3 Å². The molecule has 9 heteroatoms. The Kier molecular flexibility index (Phi) is 9.15. The number of carboxylic acid groups (broad SMARTS) is 1. The van der Waals surface area contributed by atoms with Crippen LogP contribution in [-0.4, -0.2) is 33.6 Å². The van der Waals surface area contributed by atoms with E-state index in [0.29, 0.717) is 40.3 Å². The summed E-state index contributed by atoms with van der Waals surface area (Å²) < 4.78 is 53.4. The monoisotopic (exact) mass is 560 g/mol. The molecule has 1 unspecified atom stereocenters. The van der Waals surface area contributed by atoms with Crippen LogP contribution >= 0.6 is 0 Å². The smallest absolute Gasteiger partial charge is 0.416 e. The average Bonchev–Trinajstić information content (AvgIpc) is 3.46. The molecule has 1 atom stereocenters. The van der Waals surface area contributed by atoms with Crippen molar-refractivity contribution >= 4 is 11.5 Å². The highest BCUT2D eigenvalue weighted by Crippen LogP contribution is 2.33. The van der Waals surface area contributed by atoms with Gasteiger partial charge in [0.1, 0.15) is 24.7 Å². The molecule has 0 bridgehead atoms. The predicted molar refractivity (Wildman–Crippen MR) is 148 cm³/mol. The molecule has 0 saturated carbocycles. The molecule has 0 fully saturated rings. The number of alkyl halides is 3. The Hall–Kier alpha value is -4.97. The number of aryl methyl sites for hydroxylation is 1. The fraction of sp³-hybridized carbons (Fsp3) is 0.188. The summed E-state index contributed by atoms with van der Waals surface area (Å²) in [6.07, 6.45) is -0.275. The predicted octanol–water partition coefficient (Wildman–Crippen LogP) is 6.62. The van der Waals surface area contributed by atoms with E-state index in [-0.39, 0.29) is 6.61 Å². The van der Waals surface area contributed by atoms with Crippen molar-refractivity contribution in [3.05, 3.63) is 119 Å². The molecule has 210 valence electrons. The van der Waals surface area contributed by atoms with Crippen LogP contribution in [0.3, 0.4) is 0 Å². The van der Waals surface area contributed by atoms with Crippen molar-refractivity contribution in [2.75, 3.05) is 6.61 Å². The summed E-state index contributed by atoms with van der Waals surface area (Å²) >= 11 is 0. The lowest BCUT2D eigenvalue weighted by atomic mass is 9.95. The summed E-state index contributed by atoms with van der Waals surface area (Å²) in [5.41, 5.74) is 2.36. The lowest BCUT2D eigenvalue weighted by Crippen LogP contribution is -2.23. The third-order valence-corrected chi connectivity index (χ3v) is 6.07. The molecule has 4 aromatic rings. The standard InChI is InChI=1S/C32H27F3N2O4/c1-22-20-28(13-14-30(22)41-23(2)31(38)39)40-19-15-29(26-7-3-8-27(21-26)32(33,34)35)25-11-9-24(10-12-25)6-4-17-37-18-5-16-36-37/h3,5,7-16,18,20-21,23H,17,19H2,1-2H3,(H,38,39)/b29-15+. The van der Waals surface area contributed by atoms with Crippen molar-refractivity contribution in [1.82, 2.24) is 9.78 Å². The highest BCUT2D eigenvalue weighted by atomic mass is 19.4. The van der Waals surface area contributed by atoms with Gasteiger partial charge in [-0.2, -0.15) is 18.3 Å². The molecule has 0 aliphatic carbocycles. The van der Waals surface area contributed by atoms with Crippen LogP contribution in [0.2, 0.25) is 0 Å². The van der Waals surface area contributed by atoms with Crippen molar-refractivity contribution < 1.29 is 32.5 Å². The molecule has 0 amide bonds. The molecule has 0 spiro atoms. The van der Waals surface area contributed by atoms with Crippen LogP contribution < -0.4 is 9.47 Å². The second-order valence-corrected chi connectivity index (χ2v) is 9.12. The fourth-order valence-corrected chi connectivity index (χ4v) is 3.92. The number of carboxylic acids is 1. The number of aromatic nitrogens is 2. The van der Waals surface area contributed by atoms with Gasteiger partial charge in [0, 0.05) is 18.0 Å². The quantitative estimate of drug-likeness (QED) is 0.233. The maximum atomic E-state index is 13.5. The first-order valence-corrected chi connectivity index (χ1v) is 12.7.